The van der Waals surface area contributed by atoms with Crippen molar-refractivity contribution in [2.24, 2.45) is 0 Å². The number of carbonyl (C=O) groups excluding carboxylic acids is 1. The van der Waals surface area contributed by atoms with E-state index in [0.717, 1.165) is 6.42 Å². The number of hydrogen-bond donors (Lipinski definition) is 0. The predicted octanol–water partition coefficient (Wildman–Crippen LogP) is 3.52. The van der Waals surface area contributed by atoms with Crippen molar-refractivity contribution in [3.05, 3.63) is 46.5 Å². The first kappa shape index (κ1) is 15.5. The smallest absolute Gasteiger partial charge is 0.189 e. The first-order chi connectivity index (χ1) is 10.1. The molecule has 21 heavy (non-hydrogen) atoms. The highest BCUT2D eigenvalue weighted by molar-refractivity contribution is 6.31. The van der Waals surface area contributed by atoms with Crippen LogP contribution in [0.2, 0.25) is 5.02 Å². The van der Waals surface area contributed by atoms with Crippen molar-refractivity contribution in [3.8, 4) is 5.75 Å². The maximum absolute atomic E-state index is 13.0. The Morgan fingerprint density at radius 1 is 1.48 bits per heavy atom. The summed E-state index contributed by atoms with van der Waals surface area (Å²) in [4.78, 5) is 12.5. The van der Waals surface area contributed by atoms with Crippen molar-refractivity contribution in [2.75, 3.05) is 7.11 Å². The van der Waals surface area contributed by atoms with Crippen LogP contribution in [0.15, 0.2) is 24.4 Å². The van der Waals surface area contributed by atoms with Gasteiger partial charge in [0, 0.05) is 18.0 Å². The van der Waals surface area contributed by atoms with E-state index in [2.05, 4.69) is 5.10 Å². The number of halogens is 2. The highest BCUT2D eigenvalue weighted by Crippen LogP contribution is 2.23. The van der Waals surface area contributed by atoms with Gasteiger partial charge in [-0.15, -0.1) is 0 Å². The standard InChI is InChI=1S/C15H16ClFN2O2/c1-3-6-19-15(14(21-2)9-18-19)13(20)7-10-4-5-11(17)8-12(10)16/h4-5,8-9H,3,6-7H2,1-2H3. The topological polar surface area (TPSA) is 44.1 Å². The number of benzene rings is 1. The van der Waals surface area contributed by atoms with Crippen LogP contribution in [0, 0.1) is 5.82 Å². The number of carbonyl (C=O) groups is 1. The zero-order valence-electron chi connectivity index (χ0n) is 11.9. The molecule has 2 aromatic rings. The fraction of sp³-hybridized carbons (Fsp3) is 0.333. The Hall–Kier alpha value is -1.88. The summed E-state index contributed by atoms with van der Waals surface area (Å²) in [5.74, 6) is -0.150. The van der Waals surface area contributed by atoms with E-state index in [9.17, 15) is 9.18 Å². The molecule has 0 bridgehead atoms. The second kappa shape index (κ2) is 6.72. The average molecular weight is 311 g/mol. The van der Waals surface area contributed by atoms with Crippen LogP contribution in [-0.4, -0.2) is 22.7 Å². The molecule has 6 heteroatoms. The van der Waals surface area contributed by atoms with Crippen LogP contribution < -0.4 is 4.74 Å². The summed E-state index contributed by atoms with van der Waals surface area (Å²) in [6.07, 6.45) is 2.45. The minimum Gasteiger partial charge on any atom is -0.493 e. The molecule has 0 aliphatic rings. The SMILES string of the molecule is CCCn1ncc(OC)c1C(=O)Cc1ccc(F)cc1Cl. The molecule has 0 spiro atoms. The number of ketones is 1. The predicted molar refractivity (Wildman–Crippen MR) is 78.5 cm³/mol. The third-order valence-electron chi connectivity index (χ3n) is 3.09. The first-order valence-corrected chi connectivity index (χ1v) is 7.01. The summed E-state index contributed by atoms with van der Waals surface area (Å²) in [5, 5.41) is 4.39. The summed E-state index contributed by atoms with van der Waals surface area (Å²) in [6.45, 7) is 2.63. The van der Waals surface area contributed by atoms with Crippen molar-refractivity contribution in [1.29, 1.82) is 0 Å². The molecule has 0 N–H and O–H groups in total. The number of methoxy groups -OCH3 is 1. The Morgan fingerprint density at radius 3 is 2.86 bits per heavy atom. The average Bonchev–Trinajstić information content (AvgIpc) is 2.85. The lowest BCUT2D eigenvalue weighted by Crippen LogP contribution is -2.14. The molecule has 0 radical (unpaired) electrons. The minimum absolute atomic E-state index is 0.0743. The Bertz CT molecular complexity index is 655. The van der Waals surface area contributed by atoms with E-state index in [1.54, 1.807) is 4.68 Å². The van der Waals surface area contributed by atoms with Gasteiger partial charge in [0.1, 0.15) is 11.5 Å². The van der Waals surface area contributed by atoms with E-state index in [-0.39, 0.29) is 17.2 Å². The van der Waals surface area contributed by atoms with Crippen LogP contribution >= 0.6 is 11.6 Å². The molecule has 1 heterocycles. The van der Waals surface area contributed by atoms with Gasteiger partial charge in [0.15, 0.2) is 11.5 Å². The van der Waals surface area contributed by atoms with Gasteiger partial charge in [-0.05, 0) is 24.1 Å². The molecule has 0 amide bonds. The molecule has 0 saturated heterocycles. The highest BCUT2D eigenvalue weighted by Gasteiger charge is 2.20. The van der Waals surface area contributed by atoms with Gasteiger partial charge in [-0.25, -0.2) is 4.39 Å². The van der Waals surface area contributed by atoms with E-state index in [4.69, 9.17) is 16.3 Å². The van der Waals surface area contributed by atoms with Gasteiger partial charge in [-0.1, -0.05) is 24.6 Å². The van der Waals surface area contributed by atoms with Gasteiger partial charge in [-0.3, -0.25) is 9.48 Å². The van der Waals surface area contributed by atoms with E-state index in [1.165, 1.54) is 31.5 Å². The van der Waals surface area contributed by atoms with E-state index < -0.39 is 5.82 Å². The zero-order chi connectivity index (χ0) is 15.4. The molecular weight excluding hydrogens is 295 g/mol. The van der Waals surface area contributed by atoms with Crippen LogP contribution in [0.25, 0.3) is 0 Å². The molecule has 0 unspecified atom stereocenters. The van der Waals surface area contributed by atoms with Gasteiger partial charge >= 0.3 is 0 Å². The molecule has 0 aliphatic carbocycles. The van der Waals surface area contributed by atoms with Crippen LogP contribution in [0.1, 0.15) is 29.4 Å². The normalized spacial score (nSPS) is 10.7. The summed E-state index contributed by atoms with van der Waals surface area (Å²) in [6, 6.07) is 4.00. The summed E-state index contributed by atoms with van der Waals surface area (Å²) in [5.41, 5.74) is 0.995. The molecule has 4 nitrogen and oxygen atoms in total. The lowest BCUT2D eigenvalue weighted by Gasteiger charge is -2.08. The fourth-order valence-electron chi connectivity index (χ4n) is 2.10. The molecule has 0 aliphatic heterocycles. The van der Waals surface area contributed by atoms with E-state index >= 15 is 0 Å². The Balaban J connectivity index is 2.29. The van der Waals surface area contributed by atoms with Crippen molar-refractivity contribution in [1.82, 2.24) is 9.78 Å². The molecule has 112 valence electrons. The van der Waals surface area contributed by atoms with Gasteiger partial charge in [0.2, 0.25) is 0 Å². The molecule has 1 aromatic heterocycles. The third kappa shape index (κ3) is 3.42. The summed E-state index contributed by atoms with van der Waals surface area (Å²) in [7, 11) is 1.49. The van der Waals surface area contributed by atoms with Gasteiger partial charge in [0.25, 0.3) is 0 Å². The van der Waals surface area contributed by atoms with Crippen LogP contribution in [-0.2, 0) is 13.0 Å². The molecule has 2 rings (SSSR count). The van der Waals surface area contributed by atoms with Crippen molar-refractivity contribution < 1.29 is 13.9 Å². The van der Waals surface area contributed by atoms with Gasteiger partial charge in [0.05, 0.1) is 13.3 Å². The van der Waals surface area contributed by atoms with Crippen molar-refractivity contribution >= 4 is 17.4 Å². The number of Topliss-reactive ketones (excluding diaryl/α,β-unsaturated/α-hetero) is 1. The summed E-state index contributed by atoms with van der Waals surface area (Å²) < 4.78 is 19.8. The van der Waals surface area contributed by atoms with E-state index in [1.807, 2.05) is 6.92 Å². The second-order valence-corrected chi connectivity index (χ2v) is 5.03. The largest absolute Gasteiger partial charge is 0.493 e. The Morgan fingerprint density at radius 2 is 2.24 bits per heavy atom. The second-order valence-electron chi connectivity index (χ2n) is 4.62. The maximum Gasteiger partial charge on any atom is 0.189 e. The lowest BCUT2D eigenvalue weighted by atomic mass is 10.1. The molecule has 1 aromatic carbocycles. The van der Waals surface area contributed by atoms with Crippen LogP contribution in [0.3, 0.4) is 0 Å². The first-order valence-electron chi connectivity index (χ1n) is 6.63. The minimum atomic E-state index is -0.426. The fourth-order valence-corrected chi connectivity index (χ4v) is 2.34. The quantitative estimate of drug-likeness (QED) is 0.767. The molecule has 0 fully saturated rings. The van der Waals surface area contributed by atoms with Gasteiger partial charge < -0.3 is 4.74 Å². The lowest BCUT2D eigenvalue weighted by molar-refractivity contribution is 0.0979. The zero-order valence-corrected chi connectivity index (χ0v) is 12.7. The van der Waals surface area contributed by atoms with Crippen LogP contribution in [0.4, 0.5) is 4.39 Å². The Kier molecular flexibility index (Phi) is 4.96. The number of nitrogens with zero attached hydrogens (tertiary/aromatic N) is 2. The van der Waals surface area contributed by atoms with Gasteiger partial charge in [-0.2, -0.15) is 5.10 Å². The maximum atomic E-state index is 13.0. The molecule has 0 saturated carbocycles. The number of hydrogen-bond acceptors (Lipinski definition) is 3. The van der Waals surface area contributed by atoms with Crippen molar-refractivity contribution in [3.63, 3.8) is 0 Å². The number of aryl methyl sites for hydroxylation is 1. The molecule has 0 atom stereocenters. The monoisotopic (exact) mass is 310 g/mol. The van der Waals surface area contributed by atoms with Crippen molar-refractivity contribution in [2.45, 2.75) is 26.3 Å². The Labute approximate surface area is 127 Å². The van der Waals surface area contributed by atoms with Crippen LogP contribution in [0.5, 0.6) is 5.75 Å². The highest BCUT2D eigenvalue weighted by atomic mass is 35.5. The third-order valence-corrected chi connectivity index (χ3v) is 3.44. The van der Waals surface area contributed by atoms with E-state index in [0.29, 0.717) is 23.6 Å². The number of rotatable bonds is 6. The molecular formula is C15H16ClFN2O2. The summed E-state index contributed by atoms with van der Waals surface area (Å²) >= 11 is 5.96. The number of aromatic nitrogens is 2. The number of ether oxygens (including phenoxy) is 1.